The number of aromatic nitrogens is 3. The Morgan fingerprint density at radius 2 is 1.73 bits per heavy atom. The average molecular weight is 465 g/mol. The molecule has 0 spiro atoms. The zero-order valence-electron chi connectivity index (χ0n) is 20.0. The van der Waals surface area contributed by atoms with Crippen LogP contribution in [0, 0.1) is 0 Å². The molecule has 0 atom stereocenters. The molecule has 0 radical (unpaired) electrons. The topological polar surface area (TPSA) is 69.0 Å². The number of hydrogen-bond donors (Lipinski definition) is 1. The summed E-state index contributed by atoms with van der Waals surface area (Å²) in [6.45, 7) is 13.0. The number of nitrogens with zero attached hydrogens (tertiary/aromatic N) is 3. The molecule has 1 heterocycles. The zero-order chi connectivity index (χ0) is 24.0. The number of para-hydroxylation sites is 1. The van der Waals surface area contributed by atoms with Gasteiger partial charge in [0, 0.05) is 17.8 Å². The van der Waals surface area contributed by atoms with E-state index in [0.29, 0.717) is 23.5 Å². The van der Waals surface area contributed by atoms with Crippen LogP contribution in [0.25, 0.3) is 11.4 Å². The molecule has 0 saturated heterocycles. The predicted octanol–water partition coefficient (Wildman–Crippen LogP) is 6.12. The Balaban J connectivity index is 1.78. The lowest BCUT2D eigenvalue weighted by molar-refractivity contribution is -0.113. The van der Waals surface area contributed by atoms with Crippen LogP contribution in [-0.4, -0.2) is 33.5 Å². The van der Waals surface area contributed by atoms with Gasteiger partial charge >= 0.3 is 0 Å². The van der Waals surface area contributed by atoms with Gasteiger partial charge in [-0.3, -0.25) is 9.36 Å². The molecular formula is C26H32N4O2S. The molecule has 33 heavy (non-hydrogen) atoms. The molecule has 1 aromatic heterocycles. The van der Waals surface area contributed by atoms with Gasteiger partial charge in [-0.2, -0.15) is 0 Å². The Morgan fingerprint density at radius 1 is 1.09 bits per heavy atom. The fraction of sp³-hybridized carbons (Fsp3) is 0.346. The van der Waals surface area contributed by atoms with Crippen LogP contribution in [0.5, 0.6) is 5.75 Å². The molecule has 0 aliphatic carbocycles. The number of carbonyl (C=O) groups excluding carboxylic acids is 1. The molecule has 3 aromatic rings. The summed E-state index contributed by atoms with van der Waals surface area (Å²) < 4.78 is 7.21. The summed E-state index contributed by atoms with van der Waals surface area (Å²) in [6, 6.07) is 13.9. The van der Waals surface area contributed by atoms with E-state index in [9.17, 15) is 4.79 Å². The Labute approximate surface area is 200 Å². The van der Waals surface area contributed by atoms with Gasteiger partial charge in [0.25, 0.3) is 0 Å². The lowest BCUT2D eigenvalue weighted by Gasteiger charge is -2.20. The van der Waals surface area contributed by atoms with Crippen molar-refractivity contribution in [2.45, 2.75) is 51.2 Å². The van der Waals surface area contributed by atoms with Crippen LogP contribution in [-0.2, 0) is 11.3 Å². The van der Waals surface area contributed by atoms with Crippen molar-refractivity contribution in [2.24, 2.45) is 0 Å². The first-order valence-electron chi connectivity index (χ1n) is 11.1. The Morgan fingerprint density at radius 3 is 2.27 bits per heavy atom. The number of thioether (sulfide) groups is 1. The van der Waals surface area contributed by atoms with Gasteiger partial charge in [0.15, 0.2) is 11.0 Å². The SMILES string of the molecule is C=CCn1c(SCC(=O)Nc2c(C(C)C)cccc2C(C)C)nnc1-c1ccc(OC)cc1. The minimum atomic E-state index is -0.0610. The first kappa shape index (κ1) is 24.6. The molecule has 0 fully saturated rings. The maximum absolute atomic E-state index is 12.9. The van der Waals surface area contributed by atoms with Crippen molar-refractivity contribution in [3.63, 3.8) is 0 Å². The Hall–Kier alpha value is -3.06. The van der Waals surface area contributed by atoms with Gasteiger partial charge < -0.3 is 10.1 Å². The quantitative estimate of drug-likeness (QED) is 0.289. The van der Waals surface area contributed by atoms with E-state index in [1.807, 2.05) is 28.8 Å². The van der Waals surface area contributed by atoms with Crippen LogP contribution < -0.4 is 10.1 Å². The number of nitrogens with one attached hydrogen (secondary N) is 1. The van der Waals surface area contributed by atoms with Crippen molar-refractivity contribution < 1.29 is 9.53 Å². The highest BCUT2D eigenvalue weighted by Crippen LogP contribution is 2.33. The lowest BCUT2D eigenvalue weighted by Crippen LogP contribution is -2.18. The number of benzene rings is 2. The zero-order valence-corrected chi connectivity index (χ0v) is 20.8. The molecule has 6 nitrogen and oxygen atoms in total. The third-order valence-corrected chi connectivity index (χ3v) is 6.31. The molecule has 0 unspecified atom stereocenters. The normalized spacial score (nSPS) is 11.1. The van der Waals surface area contributed by atoms with E-state index >= 15 is 0 Å². The van der Waals surface area contributed by atoms with Crippen molar-refractivity contribution >= 4 is 23.4 Å². The first-order valence-corrected chi connectivity index (χ1v) is 12.1. The van der Waals surface area contributed by atoms with Crippen LogP contribution in [0.1, 0.15) is 50.7 Å². The number of allylic oxidation sites excluding steroid dienone is 1. The molecule has 0 aliphatic heterocycles. The van der Waals surface area contributed by atoms with Gasteiger partial charge in [0.05, 0.1) is 12.9 Å². The van der Waals surface area contributed by atoms with Gasteiger partial charge in [0.1, 0.15) is 5.75 Å². The first-order chi connectivity index (χ1) is 15.8. The smallest absolute Gasteiger partial charge is 0.234 e. The number of anilines is 1. The number of hydrogen-bond acceptors (Lipinski definition) is 5. The van der Waals surface area contributed by atoms with Crippen LogP contribution in [0.2, 0.25) is 0 Å². The third-order valence-electron chi connectivity index (χ3n) is 5.35. The van der Waals surface area contributed by atoms with Gasteiger partial charge in [-0.15, -0.1) is 16.8 Å². The summed E-state index contributed by atoms with van der Waals surface area (Å²) in [4.78, 5) is 12.9. The molecular weight excluding hydrogens is 432 g/mol. The van der Waals surface area contributed by atoms with Crippen molar-refractivity contribution in [1.82, 2.24) is 14.8 Å². The molecule has 1 amide bonds. The van der Waals surface area contributed by atoms with E-state index in [2.05, 4.69) is 68.0 Å². The van der Waals surface area contributed by atoms with Crippen LogP contribution in [0.3, 0.4) is 0 Å². The van der Waals surface area contributed by atoms with E-state index < -0.39 is 0 Å². The number of methoxy groups -OCH3 is 1. The number of carbonyl (C=O) groups is 1. The standard InChI is InChI=1S/C26H32N4O2S/c1-7-15-30-25(19-11-13-20(32-6)14-12-19)28-29-26(30)33-16-23(31)27-24-21(17(2)3)9-8-10-22(24)18(4)5/h7-14,17-18H,1,15-16H2,2-6H3,(H,27,31). The van der Waals surface area contributed by atoms with E-state index in [0.717, 1.165) is 34.0 Å². The van der Waals surface area contributed by atoms with Crippen molar-refractivity contribution in [3.8, 4) is 17.1 Å². The fourth-order valence-electron chi connectivity index (χ4n) is 3.64. The number of ether oxygens (including phenoxy) is 1. The summed E-state index contributed by atoms with van der Waals surface area (Å²) in [5.41, 5.74) is 4.15. The van der Waals surface area contributed by atoms with Crippen LogP contribution in [0.15, 0.2) is 60.3 Å². The largest absolute Gasteiger partial charge is 0.497 e. The second-order valence-corrected chi connectivity index (χ2v) is 9.33. The minimum absolute atomic E-state index is 0.0610. The molecule has 1 N–H and O–H groups in total. The van der Waals surface area contributed by atoms with E-state index in [1.165, 1.54) is 11.8 Å². The Kier molecular flexibility index (Phi) is 8.33. The predicted molar refractivity (Wildman–Crippen MR) is 136 cm³/mol. The fourth-order valence-corrected chi connectivity index (χ4v) is 4.39. The second-order valence-electron chi connectivity index (χ2n) is 8.39. The highest BCUT2D eigenvalue weighted by atomic mass is 32.2. The summed E-state index contributed by atoms with van der Waals surface area (Å²) in [6.07, 6.45) is 1.80. The van der Waals surface area contributed by atoms with Gasteiger partial charge in [-0.25, -0.2) is 0 Å². The van der Waals surface area contributed by atoms with Crippen LogP contribution >= 0.6 is 11.8 Å². The van der Waals surface area contributed by atoms with Crippen molar-refractivity contribution in [3.05, 3.63) is 66.2 Å². The summed E-state index contributed by atoms with van der Waals surface area (Å²) >= 11 is 1.37. The van der Waals surface area contributed by atoms with Gasteiger partial charge in [-0.05, 0) is 47.2 Å². The molecule has 0 bridgehead atoms. The van der Waals surface area contributed by atoms with Crippen molar-refractivity contribution in [2.75, 3.05) is 18.2 Å². The molecule has 0 aliphatic rings. The Bertz CT molecular complexity index is 1080. The van der Waals surface area contributed by atoms with E-state index in [1.54, 1.807) is 13.2 Å². The highest BCUT2D eigenvalue weighted by molar-refractivity contribution is 7.99. The maximum Gasteiger partial charge on any atom is 0.234 e. The third kappa shape index (κ3) is 5.85. The summed E-state index contributed by atoms with van der Waals surface area (Å²) in [7, 11) is 1.64. The van der Waals surface area contributed by atoms with E-state index in [4.69, 9.17) is 4.74 Å². The molecule has 0 saturated carbocycles. The average Bonchev–Trinajstić information content (AvgIpc) is 3.20. The molecule has 174 valence electrons. The highest BCUT2D eigenvalue weighted by Gasteiger charge is 2.18. The lowest BCUT2D eigenvalue weighted by atomic mass is 9.92. The van der Waals surface area contributed by atoms with Crippen LogP contribution in [0.4, 0.5) is 5.69 Å². The molecule has 2 aromatic carbocycles. The van der Waals surface area contributed by atoms with Gasteiger partial charge in [0.2, 0.25) is 5.91 Å². The summed E-state index contributed by atoms with van der Waals surface area (Å²) in [5.74, 6) is 2.31. The molecule has 7 heteroatoms. The minimum Gasteiger partial charge on any atom is -0.497 e. The summed E-state index contributed by atoms with van der Waals surface area (Å²) in [5, 5.41) is 12.6. The number of amides is 1. The van der Waals surface area contributed by atoms with E-state index in [-0.39, 0.29) is 11.7 Å². The number of rotatable bonds is 10. The second kappa shape index (κ2) is 11.2. The van der Waals surface area contributed by atoms with Crippen molar-refractivity contribution in [1.29, 1.82) is 0 Å². The molecule has 3 rings (SSSR count). The maximum atomic E-state index is 12.9. The van der Waals surface area contributed by atoms with Gasteiger partial charge in [-0.1, -0.05) is 63.7 Å². The monoisotopic (exact) mass is 464 g/mol.